The van der Waals surface area contributed by atoms with Crippen LogP contribution in [-0.2, 0) is 0 Å². The summed E-state index contributed by atoms with van der Waals surface area (Å²) in [5.41, 5.74) is 1.45. The minimum atomic E-state index is -0.239. The van der Waals surface area contributed by atoms with E-state index >= 15 is 0 Å². The van der Waals surface area contributed by atoms with Gasteiger partial charge >= 0.3 is 0 Å². The predicted octanol–water partition coefficient (Wildman–Crippen LogP) is 3.86. The van der Waals surface area contributed by atoms with Gasteiger partial charge < -0.3 is 9.47 Å². The van der Waals surface area contributed by atoms with Crippen LogP contribution in [0.2, 0.25) is 0 Å². The molecule has 0 aliphatic carbocycles. The Hall–Kier alpha value is -2.93. The van der Waals surface area contributed by atoms with Gasteiger partial charge in [0.25, 0.3) is 5.91 Å². The molecule has 0 saturated heterocycles. The number of benzene rings is 2. The number of methoxy groups -OCH3 is 1. The zero-order chi connectivity index (χ0) is 17.6. The maximum atomic E-state index is 12.2. The van der Waals surface area contributed by atoms with Crippen molar-refractivity contribution in [3.8, 4) is 22.1 Å². The molecule has 0 aliphatic heterocycles. The first-order valence-corrected chi connectivity index (χ1v) is 8.53. The predicted molar refractivity (Wildman–Crippen MR) is 97.5 cm³/mol. The Morgan fingerprint density at radius 1 is 1.04 bits per heavy atom. The molecule has 1 amide bonds. The zero-order valence-corrected chi connectivity index (χ0v) is 14.7. The summed E-state index contributed by atoms with van der Waals surface area (Å²) >= 11 is 1.32. The summed E-state index contributed by atoms with van der Waals surface area (Å²) in [5, 5.41) is 12.1. The van der Waals surface area contributed by atoms with E-state index < -0.39 is 0 Å². The van der Waals surface area contributed by atoms with Crippen LogP contribution < -0.4 is 14.8 Å². The van der Waals surface area contributed by atoms with Crippen LogP contribution in [0.15, 0.2) is 48.5 Å². The number of anilines is 1. The highest BCUT2D eigenvalue weighted by atomic mass is 32.1. The number of carbonyl (C=O) groups excluding carboxylic acids is 1. The van der Waals surface area contributed by atoms with Crippen LogP contribution in [0.3, 0.4) is 0 Å². The Kier molecular flexibility index (Phi) is 5.25. The van der Waals surface area contributed by atoms with E-state index in [1.807, 2.05) is 31.2 Å². The molecular weight excluding hydrogens is 338 g/mol. The molecule has 0 unspecified atom stereocenters. The van der Waals surface area contributed by atoms with Crippen molar-refractivity contribution in [3.05, 3.63) is 54.1 Å². The van der Waals surface area contributed by atoms with Crippen molar-refractivity contribution < 1.29 is 14.3 Å². The SMILES string of the molecule is CCOc1ccc(-c2nnc(NC(=O)c3ccc(OC)cc3)s2)cc1. The van der Waals surface area contributed by atoms with Crippen molar-refractivity contribution >= 4 is 22.4 Å². The Balaban J connectivity index is 1.69. The monoisotopic (exact) mass is 355 g/mol. The van der Waals surface area contributed by atoms with Crippen molar-refractivity contribution in [1.29, 1.82) is 0 Å². The number of nitrogens with one attached hydrogen (secondary N) is 1. The molecule has 0 spiro atoms. The summed E-state index contributed by atoms with van der Waals surface area (Å²) in [4.78, 5) is 12.2. The average Bonchev–Trinajstić information content (AvgIpc) is 3.11. The van der Waals surface area contributed by atoms with E-state index in [4.69, 9.17) is 9.47 Å². The highest BCUT2D eigenvalue weighted by Gasteiger charge is 2.11. The van der Waals surface area contributed by atoms with E-state index in [-0.39, 0.29) is 5.91 Å². The maximum Gasteiger partial charge on any atom is 0.257 e. The lowest BCUT2D eigenvalue weighted by Gasteiger charge is -2.03. The van der Waals surface area contributed by atoms with Gasteiger partial charge in [-0.05, 0) is 55.5 Å². The highest BCUT2D eigenvalue weighted by Crippen LogP contribution is 2.28. The Morgan fingerprint density at radius 3 is 2.36 bits per heavy atom. The number of nitrogens with zero attached hydrogens (tertiary/aromatic N) is 2. The van der Waals surface area contributed by atoms with E-state index in [9.17, 15) is 4.79 Å². The summed E-state index contributed by atoms with van der Waals surface area (Å²) in [6.45, 7) is 2.57. The van der Waals surface area contributed by atoms with Gasteiger partial charge in [-0.3, -0.25) is 10.1 Å². The molecule has 1 heterocycles. The molecule has 1 N–H and O–H groups in total. The Morgan fingerprint density at radius 2 is 1.72 bits per heavy atom. The molecule has 0 bridgehead atoms. The minimum Gasteiger partial charge on any atom is -0.497 e. The second kappa shape index (κ2) is 7.76. The molecule has 3 aromatic rings. The smallest absolute Gasteiger partial charge is 0.257 e. The first-order valence-electron chi connectivity index (χ1n) is 7.71. The summed E-state index contributed by atoms with van der Waals surface area (Å²) in [6, 6.07) is 14.5. The molecule has 3 rings (SSSR count). The third kappa shape index (κ3) is 4.13. The first-order chi connectivity index (χ1) is 12.2. The number of rotatable bonds is 6. The quantitative estimate of drug-likeness (QED) is 0.727. The van der Waals surface area contributed by atoms with Crippen LogP contribution in [-0.4, -0.2) is 29.8 Å². The second-order valence-electron chi connectivity index (χ2n) is 5.05. The molecular formula is C18H17N3O3S. The van der Waals surface area contributed by atoms with Crippen LogP contribution in [0.1, 0.15) is 17.3 Å². The van der Waals surface area contributed by atoms with Gasteiger partial charge in [-0.1, -0.05) is 11.3 Å². The van der Waals surface area contributed by atoms with Crippen molar-refractivity contribution in [2.75, 3.05) is 19.0 Å². The van der Waals surface area contributed by atoms with Gasteiger partial charge in [-0.25, -0.2) is 0 Å². The molecule has 0 atom stereocenters. The van der Waals surface area contributed by atoms with Crippen LogP contribution >= 0.6 is 11.3 Å². The molecule has 0 saturated carbocycles. The van der Waals surface area contributed by atoms with Crippen LogP contribution in [0, 0.1) is 0 Å². The van der Waals surface area contributed by atoms with Gasteiger partial charge in [0.2, 0.25) is 5.13 Å². The fraction of sp³-hybridized carbons (Fsp3) is 0.167. The highest BCUT2D eigenvalue weighted by molar-refractivity contribution is 7.18. The summed E-state index contributed by atoms with van der Waals surface area (Å²) in [6.07, 6.45) is 0. The van der Waals surface area contributed by atoms with Crippen molar-refractivity contribution in [3.63, 3.8) is 0 Å². The molecule has 7 heteroatoms. The fourth-order valence-corrected chi connectivity index (χ4v) is 2.91. The third-order valence-electron chi connectivity index (χ3n) is 3.41. The van der Waals surface area contributed by atoms with E-state index in [1.54, 1.807) is 31.4 Å². The van der Waals surface area contributed by atoms with Gasteiger partial charge in [0.15, 0.2) is 0 Å². The van der Waals surface area contributed by atoms with Gasteiger partial charge in [0, 0.05) is 11.1 Å². The van der Waals surface area contributed by atoms with Crippen molar-refractivity contribution in [2.45, 2.75) is 6.92 Å². The van der Waals surface area contributed by atoms with Gasteiger partial charge in [-0.2, -0.15) is 0 Å². The number of hydrogen-bond donors (Lipinski definition) is 1. The molecule has 0 fully saturated rings. The topological polar surface area (TPSA) is 73.3 Å². The molecule has 6 nitrogen and oxygen atoms in total. The molecule has 2 aromatic carbocycles. The van der Waals surface area contributed by atoms with E-state index in [0.29, 0.717) is 23.1 Å². The van der Waals surface area contributed by atoms with Crippen molar-refractivity contribution in [1.82, 2.24) is 10.2 Å². The van der Waals surface area contributed by atoms with Crippen LogP contribution in [0.4, 0.5) is 5.13 Å². The zero-order valence-electron chi connectivity index (χ0n) is 13.9. The average molecular weight is 355 g/mol. The number of amides is 1. The lowest BCUT2D eigenvalue weighted by atomic mass is 10.2. The number of aromatic nitrogens is 2. The fourth-order valence-electron chi connectivity index (χ4n) is 2.16. The van der Waals surface area contributed by atoms with Crippen LogP contribution in [0.5, 0.6) is 11.5 Å². The number of ether oxygens (including phenoxy) is 2. The summed E-state index contributed by atoms with van der Waals surface area (Å²) < 4.78 is 10.5. The molecule has 0 aliphatic rings. The molecule has 1 aromatic heterocycles. The van der Waals surface area contributed by atoms with Gasteiger partial charge in [-0.15, -0.1) is 10.2 Å². The molecule has 128 valence electrons. The Bertz CT molecular complexity index is 845. The lowest BCUT2D eigenvalue weighted by molar-refractivity contribution is 0.102. The minimum absolute atomic E-state index is 0.239. The standard InChI is InChI=1S/C18H17N3O3S/c1-3-24-15-10-6-13(7-11-15)17-20-21-18(25-17)19-16(22)12-4-8-14(23-2)9-5-12/h4-11H,3H2,1-2H3,(H,19,21,22). The first kappa shape index (κ1) is 16.9. The molecule has 0 radical (unpaired) electrons. The number of hydrogen-bond acceptors (Lipinski definition) is 6. The van der Waals surface area contributed by atoms with E-state index in [0.717, 1.165) is 16.3 Å². The summed E-state index contributed by atoms with van der Waals surface area (Å²) in [7, 11) is 1.58. The van der Waals surface area contributed by atoms with E-state index in [1.165, 1.54) is 11.3 Å². The van der Waals surface area contributed by atoms with Crippen molar-refractivity contribution in [2.24, 2.45) is 0 Å². The van der Waals surface area contributed by atoms with Crippen LogP contribution in [0.25, 0.3) is 10.6 Å². The summed E-state index contributed by atoms with van der Waals surface area (Å²) in [5.74, 6) is 1.27. The Labute approximate surface area is 149 Å². The van der Waals surface area contributed by atoms with Gasteiger partial charge in [0.1, 0.15) is 16.5 Å². The molecule has 25 heavy (non-hydrogen) atoms. The second-order valence-corrected chi connectivity index (χ2v) is 6.03. The lowest BCUT2D eigenvalue weighted by Crippen LogP contribution is -2.11. The number of carbonyl (C=O) groups is 1. The largest absolute Gasteiger partial charge is 0.497 e. The van der Waals surface area contributed by atoms with Gasteiger partial charge in [0.05, 0.1) is 13.7 Å². The third-order valence-corrected chi connectivity index (χ3v) is 4.30. The normalized spacial score (nSPS) is 10.3. The maximum absolute atomic E-state index is 12.2. The van der Waals surface area contributed by atoms with E-state index in [2.05, 4.69) is 15.5 Å².